The van der Waals surface area contributed by atoms with Gasteiger partial charge in [-0.3, -0.25) is 0 Å². The van der Waals surface area contributed by atoms with E-state index in [-0.39, 0.29) is 0 Å². The van der Waals surface area contributed by atoms with Gasteiger partial charge in [-0.05, 0) is 55.9 Å². The molecule has 1 aliphatic rings. The molecule has 1 saturated heterocycles. The molecule has 0 radical (unpaired) electrons. The quantitative estimate of drug-likeness (QED) is 0.751. The summed E-state index contributed by atoms with van der Waals surface area (Å²) in [4.78, 5) is 2.55. The van der Waals surface area contributed by atoms with Crippen LogP contribution in [0.25, 0.3) is 0 Å². The number of rotatable bonds is 1. The summed E-state index contributed by atoms with van der Waals surface area (Å²) >= 11 is 0. The molecule has 3 unspecified atom stereocenters. The van der Waals surface area contributed by atoms with Crippen LogP contribution in [-0.4, -0.2) is 12.6 Å². The van der Waals surface area contributed by atoms with Crippen molar-refractivity contribution in [1.29, 1.82) is 0 Å². The molecule has 94 valence electrons. The average Bonchev–Trinajstić information content (AvgIpc) is 2.24. The van der Waals surface area contributed by atoms with Crippen molar-refractivity contribution in [3.8, 4) is 0 Å². The molecular weight excluding hydrogens is 208 g/mol. The summed E-state index contributed by atoms with van der Waals surface area (Å²) in [5.74, 6) is 1.54. The van der Waals surface area contributed by atoms with Gasteiger partial charge in [-0.15, -0.1) is 0 Å². The normalized spacial score (nSPS) is 29.4. The summed E-state index contributed by atoms with van der Waals surface area (Å²) in [5, 5.41) is 0. The Morgan fingerprint density at radius 2 is 1.94 bits per heavy atom. The molecule has 0 aliphatic carbocycles. The molecule has 0 aromatic heterocycles. The Hall–Kier alpha value is -1.18. The predicted octanol–water partition coefficient (Wildman–Crippen LogP) is 3.45. The maximum absolute atomic E-state index is 5.83. The van der Waals surface area contributed by atoms with Gasteiger partial charge in [0.15, 0.2) is 0 Å². The molecule has 2 nitrogen and oxygen atoms in total. The number of piperidine rings is 1. The molecular formula is C15H24N2. The number of anilines is 2. The highest BCUT2D eigenvalue weighted by molar-refractivity contribution is 5.60. The fraction of sp³-hybridized carbons (Fsp3) is 0.600. The smallest absolute Gasteiger partial charge is 0.0400 e. The van der Waals surface area contributed by atoms with Crippen molar-refractivity contribution in [2.45, 2.75) is 40.2 Å². The molecule has 1 heterocycles. The van der Waals surface area contributed by atoms with Gasteiger partial charge >= 0.3 is 0 Å². The van der Waals surface area contributed by atoms with Gasteiger partial charge in [0.2, 0.25) is 0 Å². The number of nitrogen functional groups attached to an aromatic ring is 1. The van der Waals surface area contributed by atoms with Crippen LogP contribution in [0.4, 0.5) is 11.4 Å². The van der Waals surface area contributed by atoms with Crippen LogP contribution >= 0.6 is 0 Å². The lowest BCUT2D eigenvalue weighted by Crippen LogP contribution is -2.46. The van der Waals surface area contributed by atoms with Crippen molar-refractivity contribution in [3.05, 3.63) is 23.8 Å². The molecule has 0 spiro atoms. The van der Waals surface area contributed by atoms with E-state index in [1.807, 2.05) is 6.07 Å². The standard InChI is InChI=1S/C15H24N2/c1-10-7-11(2)13(4)17(9-10)15-6-5-14(16)8-12(15)3/h5-6,8,10-11,13H,7,9,16H2,1-4H3. The van der Waals surface area contributed by atoms with E-state index in [1.54, 1.807) is 0 Å². The molecule has 17 heavy (non-hydrogen) atoms. The molecule has 0 amide bonds. The summed E-state index contributed by atoms with van der Waals surface area (Å²) in [6.07, 6.45) is 1.34. The topological polar surface area (TPSA) is 29.3 Å². The highest BCUT2D eigenvalue weighted by Gasteiger charge is 2.29. The SMILES string of the molecule is Cc1cc(N)ccc1N1CC(C)CC(C)C1C. The van der Waals surface area contributed by atoms with E-state index in [1.165, 1.54) is 17.7 Å². The first-order valence-corrected chi connectivity index (χ1v) is 6.61. The van der Waals surface area contributed by atoms with Crippen molar-refractivity contribution in [2.24, 2.45) is 11.8 Å². The minimum Gasteiger partial charge on any atom is -0.399 e. The van der Waals surface area contributed by atoms with Crippen LogP contribution in [0.3, 0.4) is 0 Å². The van der Waals surface area contributed by atoms with Gasteiger partial charge in [-0.25, -0.2) is 0 Å². The zero-order valence-corrected chi connectivity index (χ0v) is 11.4. The highest BCUT2D eigenvalue weighted by atomic mass is 15.2. The van der Waals surface area contributed by atoms with E-state index in [4.69, 9.17) is 5.73 Å². The number of nitrogens with zero attached hydrogens (tertiary/aromatic N) is 1. The number of hydrogen-bond acceptors (Lipinski definition) is 2. The first-order valence-electron chi connectivity index (χ1n) is 6.61. The second-order valence-electron chi connectivity index (χ2n) is 5.76. The molecule has 1 aromatic carbocycles. The van der Waals surface area contributed by atoms with Gasteiger partial charge in [0, 0.05) is 24.0 Å². The third-order valence-electron chi connectivity index (χ3n) is 4.13. The monoisotopic (exact) mass is 232 g/mol. The number of nitrogens with two attached hydrogens (primary N) is 1. The third-order valence-corrected chi connectivity index (χ3v) is 4.13. The summed E-state index contributed by atoms with van der Waals surface area (Å²) in [7, 11) is 0. The van der Waals surface area contributed by atoms with E-state index >= 15 is 0 Å². The maximum Gasteiger partial charge on any atom is 0.0400 e. The Bertz CT molecular complexity index is 400. The number of aryl methyl sites for hydroxylation is 1. The molecule has 2 N–H and O–H groups in total. The van der Waals surface area contributed by atoms with Crippen LogP contribution in [0.2, 0.25) is 0 Å². The molecule has 1 fully saturated rings. The van der Waals surface area contributed by atoms with E-state index in [0.29, 0.717) is 6.04 Å². The Morgan fingerprint density at radius 1 is 1.24 bits per heavy atom. The van der Waals surface area contributed by atoms with Gasteiger partial charge in [-0.2, -0.15) is 0 Å². The van der Waals surface area contributed by atoms with Gasteiger partial charge in [0.05, 0.1) is 0 Å². The van der Waals surface area contributed by atoms with Gasteiger partial charge in [0.1, 0.15) is 0 Å². The second-order valence-corrected chi connectivity index (χ2v) is 5.76. The Kier molecular flexibility index (Phi) is 3.32. The van der Waals surface area contributed by atoms with E-state index in [9.17, 15) is 0 Å². The second kappa shape index (κ2) is 4.59. The average molecular weight is 232 g/mol. The molecule has 3 atom stereocenters. The van der Waals surface area contributed by atoms with E-state index in [2.05, 4.69) is 44.7 Å². The van der Waals surface area contributed by atoms with Crippen LogP contribution in [0.1, 0.15) is 32.8 Å². The van der Waals surface area contributed by atoms with Crippen LogP contribution in [0, 0.1) is 18.8 Å². The maximum atomic E-state index is 5.83. The van der Waals surface area contributed by atoms with Gasteiger partial charge in [-0.1, -0.05) is 13.8 Å². The fourth-order valence-corrected chi connectivity index (χ4v) is 3.03. The third kappa shape index (κ3) is 2.41. The van der Waals surface area contributed by atoms with Crippen molar-refractivity contribution in [1.82, 2.24) is 0 Å². The molecule has 2 rings (SSSR count). The predicted molar refractivity (Wildman–Crippen MR) is 75.3 cm³/mol. The van der Waals surface area contributed by atoms with Gasteiger partial charge in [0.25, 0.3) is 0 Å². The summed E-state index contributed by atoms with van der Waals surface area (Å²) in [6, 6.07) is 6.88. The summed E-state index contributed by atoms with van der Waals surface area (Å²) < 4.78 is 0. The van der Waals surface area contributed by atoms with Crippen LogP contribution in [-0.2, 0) is 0 Å². The zero-order chi connectivity index (χ0) is 12.6. The van der Waals surface area contributed by atoms with Crippen molar-refractivity contribution >= 4 is 11.4 Å². The molecule has 0 saturated carbocycles. The van der Waals surface area contributed by atoms with Crippen molar-refractivity contribution in [3.63, 3.8) is 0 Å². The van der Waals surface area contributed by atoms with E-state index < -0.39 is 0 Å². The Balaban J connectivity index is 2.31. The lowest BCUT2D eigenvalue weighted by Gasteiger charge is -2.43. The van der Waals surface area contributed by atoms with E-state index in [0.717, 1.165) is 24.1 Å². The van der Waals surface area contributed by atoms with Crippen LogP contribution < -0.4 is 10.6 Å². The lowest BCUT2D eigenvalue weighted by atomic mass is 9.85. The fourth-order valence-electron chi connectivity index (χ4n) is 3.03. The van der Waals surface area contributed by atoms with Crippen molar-refractivity contribution in [2.75, 3.05) is 17.2 Å². The van der Waals surface area contributed by atoms with Crippen molar-refractivity contribution < 1.29 is 0 Å². The Morgan fingerprint density at radius 3 is 2.59 bits per heavy atom. The largest absolute Gasteiger partial charge is 0.399 e. The lowest BCUT2D eigenvalue weighted by molar-refractivity contribution is 0.297. The Labute approximate surface area is 105 Å². The molecule has 0 bridgehead atoms. The first-order chi connectivity index (χ1) is 7.99. The van der Waals surface area contributed by atoms with Crippen LogP contribution in [0.15, 0.2) is 18.2 Å². The van der Waals surface area contributed by atoms with Crippen LogP contribution in [0.5, 0.6) is 0 Å². The first kappa shape index (κ1) is 12.3. The molecule has 1 aliphatic heterocycles. The minimum absolute atomic E-state index is 0.619. The molecule has 1 aromatic rings. The zero-order valence-electron chi connectivity index (χ0n) is 11.4. The number of benzene rings is 1. The molecule has 2 heteroatoms. The highest BCUT2D eigenvalue weighted by Crippen LogP contribution is 2.33. The van der Waals surface area contributed by atoms with Gasteiger partial charge < -0.3 is 10.6 Å². The summed E-state index contributed by atoms with van der Waals surface area (Å²) in [5.41, 5.74) is 9.33. The number of hydrogen-bond donors (Lipinski definition) is 1. The minimum atomic E-state index is 0.619. The summed E-state index contributed by atoms with van der Waals surface area (Å²) in [6.45, 7) is 10.4.